The largest absolute Gasteiger partial charge is 0.342 e. The monoisotopic (exact) mass is 411 g/mol. The van der Waals surface area contributed by atoms with Gasteiger partial charge in [0, 0.05) is 36.2 Å². The highest BCUT2D eigenvalue weighted by Crippen LogP contribution is 2.22. The number of carbonyl (C=O) groups excluding carboxylic acids is 1. The third-order valence-corrected chi connectivity index (χ3v) is 4.84. The SMILES string of the molecule is O=C(Cc1ccccc1Br)N1CC(Cn2cc(Br)cn2)C1. The van der Waals surface area contributed by atoms with Gasteiger partial charge in [-0.05, 0) is 27.6 Å². The predicted octanol–water partition coefficient (Wildman–Crippen LogP) is 3.11. The van der Waals surface area contributed by atoms with E-state index in [9.17, 15) is 4.79 Å². The standard InChI is InChI=1S/C15H15Br2N3O/c16-13-6-18-20(10-13)9-11-7-19(8-11)15(21)5-12-3-1-2-4-14(12)17/h1-4,6,10-11H,5,7-9H2. The van der Waals surface area contributed by atoms with Crippen molar-refractivity contribution in [1.82, 2.24) is 14.7 Å². The van der Waals surface area contributed by atoms with E-state index in [0.717, 1.165) is 34.1 Å². The Balaban J connectivity index is 1.49. The van der Waals surface area contributed by atoms with Crippen molar-refractivity contribution < 1.29 is 4.79 Å². The molecule has 1 aromatic carbocycles. The highest BCUT2D eigenvalue weighted by atomic mass is 79.9. The molecule has 0 spiro atoms. The molecule has 0 aliphatic carbocycles. The van der Waals surface area contributed by atoms with Gasteiger partial charge >= 0.3 is 0 Å². The van der Waals surface area contributed by atoms with Crippen molar-refractivity contribution >= 4 is 37.8 Å². The molecule has 21 heavy (non-hydrogen) atoms. The van der Waals surface area contributed by atoms with Gasteiger partial charge in [0.15, 0.2) is 0 Å². The number of amides is 1. The van der Waals surface area contributed by atoms with E-state index in [1.165, 1.54) is 0 Å². The summed E-state index contributed by atoms with van der Waals surface area (Å²) in [6.45, 7) is 2.51. The van der Waals surface area contributed by atoms with Crippen LogP contribution in [0.25, 0.3) is 0 Å². The van der Waals surface area contributed by atoms with Gasteiger partial charge in [0.25, 0.3) is 0 Å². The molecule has 6 heteroatoms. The Morgan fingerprint density at radius 1 is 1.29 bits per heavy atom. The first kappa shape index (κ1) is 14.8. The number of likely N-dealkylation sites (tertiary alicyclic amines) is 1. The Morgan fingerprint density at radius 2 is 2.05 bits per heavy atom. The first-order valence-corrected chi connectivity index (χ1v) is 8.39. The molecule has 0 unspecified atom stereocenters. The van der Waals surface area contributed by atoms with Gasteiger partial charge in [0.1, 0.15) is 0 Å². The van der Waals surface area contributed by atoms with E-state index in [0.29, 0.717) is 12.3 Å². The molecule has 1 aliphatic heterocycles. The molecule has 0 bridgehead atoms. The molecule has 0 radical (unpaired) electrons. The summed E-state index contributed by atoms with van der Waals surface area (Å²) in [7, 11) is 0. The van der Waals surface area contributed by atoms with Crippen molar-refractivity contribution in [2.45, 2.75) is 13.0 Å². The molecule has 0 atom stereocenters. The van der Waals surface area contributed by atoms with Crippen molar-refractivity contribution in [3.63, 3.8) is 0 Å². The highest BCUT2D eigenvalue weighted by Gasteiger charge is 2.30. The Morgan fingerprint density at radius 3 is 2.71 bits per heavy atom. The number of benzene rings is 1. The van der Waals surface area contributed by atoms with Crippen LogP contribution in [0.15, 0.2) is 45.6 Å². The number of rotatable bonds is 4. The van der Waals surface area contributed by atoms with Crippen LogP contribution < -0.4 is 0 Å². The van der Waals surface area contributed by atoms with Gasteiger partial charge in [0.2, 0.25) is 5.91 Å². The fourth-order valence-corrected chi connectivity index (χ4v) is 3.26. The molecule has 2 aromatic rings. The van der Waals surface area contributed by atoms with Gasteiger partial charge in [-0.2, -0.15) is 5.10 Å². The van der Waals surface area contributed by atoms with Crippen LogP contribution in [-0.2, 0) is 17.8 Å². The van der Waals surface area contributed by atoms with E-state index < -0.39 is 0 Å². The lowest BCUT2D eigenvalue weighted by atomic mass is 9.99. The number of hydrogen-bond acceptors (Lipinski definition) is 2. The van der Waals surface area contributed by atoms with Crippen LogP contribution in [0.5, 0.6) is 0 Å². The van der Waals surface area contributed by atoms with E-state index in [1.54, 1.807) is 6.20 Å². The van der Waals surface area contributed by atoms with Gasteiger partial charge < -0.3 is 4.90 Å². The van der Waals surface area contributed by atoms with Gasteiger partial charge in [0.05, 0.1) is 17.1 Å². The van der Waals surface area contributed by atoms with Crippen LogP contribution in [0.1, 0.15) is 5.56 Å². The molecule has 1 fully saturated rings. The third-order valence-electron chi connectivity index (χ3n) is 3.66. The van der Waals surface area contributed by atoms with Crippen LogP contribution in [-0.4, -0.2) is 33.7 Å². The molecule has 2 heterocycles. The van der Waals surface area contributed by atoms with E-state index in [2.05, 4.69) is 37.0 Å². The zero-order valence-electron chi connectivity index (χ0n) is 11.4. The highest BCUT2D eigenvalue weighted by molar-refractivity contribution is 9.10. The Bertz CT molecular complexity index is 650. The van der Waals surface area contributed by atoms with Crippen molar-refractivity contribution in [3.8, 4) is 0 Å². The van der Waals surface area contributed by atoms with Gasteiger partial charge in [-0.1, -0.05) is 34.1 Å². The maximum absolute atomic E-state index is 12.2. The normalized spacial score (nSPS) is 15.0. The quantitative estimate of drug-likeness (QED) is 0.773. The van der Waals surface area contributed by atoms with Crippen LogP contribution in [0.3, 0.4) is 0 Å². The molecule has 3 rings (SSSR count). The van der Waals surface area contributed by atoms with E-state index in [4.69, 9.17) is 0 Å². The average molecular weight is 413 g/mol. The first-order valence-electron chi connectivity index (χ1n) is 6.81. The predicted molar refractivity (Wildman–Crippen MR) is 87.8 cm³/mol. The summed E-state index contributed by atoms with van der Waals surface area (Å²) >= 11 is 6.87. The summed E-state index contributed by atoms with van der Waals surface area (Å²) in [6, 6.07) is 7.87. The zero-order valence-corrected chi connectivity index (χ0v) is 14.5. The molecular weight excluding hydrogens is 398 g/mol. The molecule has 110 valence electrons. The maximum atomic E-state index is 12.2. The number of nitrogens with zero attached hydrogens (tertiary/aromatic N) is 3. The second-order valence-electron chi connectivity index (χ2n) is 5.31. The topological polar surface area (TPSA) is 38.1 Å². The summed E-state index contributed by atoms with van der Waals surface area (Å²) in [4.78, 5) is 14.1. The van der Waals surface area contributed by atoms with Gasteiger partial charge in [-0.25, -0.2) is 0 Å². The number of halogens is 2. The lowest BCUT2D eigenvalue weighted by Crippen LogP contribution is -2.52. The number of aromatic nitrogens is 2. The number of carbonyl (C=O) groups is 1. The minimum absolute atomic E-state index is 0.194. The lowest BCUT2D eigenvalue weighted by molar-refractivity contribution is -0.137. The molecule has 0 saturated carbocycles. The molecule has 1 aromatic heterocycles. The van der Waals surface area contributed by atoms with Gasteiger partial charge in [-0.3, -0.25) is 9.48 Å². The summed E-state index contributed by atoms with van der Waals surface area (Å²) in [5, 5.41) is 4.25. The van der Waals surface area contributed by atoms with Crippen molar-refractivity contribution in [3.05, 3.63) is 51.2 Å². The van der Waals surface area contributed by atoms with E-state index in [-0.39, 0.29) is 5.91 Å². The maximum Gasteiger partial charge on any atom is 0.227 e. The molecule has 4 nitrogen and oxygen atoms in total. The molecule has 1 aliphatic rings. The Labute approximate surface area is 140 Å². The molecule has 0 N–H and O–H groups in total. The van der Waals surface area contributed by atoms with E-state index >= 15 is 0 Å². The van der Waals surface area contributed by atoms with Crippen LogP contribution in [0, 0.1) is 5.92 Å². The fourth-order valence-electron chi connectivity index (χ4n) is 2.51. The van der Waals surface area contributed by atoms with Crippen LogP contribution in [0.4, 0.5) is 0 Å². The minimum atomic E-state index is 0.194. The Hall–Kier alpha value is -1.14. The molecule has 1 saturated heterocycles. The van der Waals surface area contributed by atoms with Crippen LogP contribution >= 0.6 is 31.9 Å². The summed E-state index contributed by atoms with van der Waals surface area (Å²) in [5.74, 6) is 0.694. The third kappa shape index (κ3) is 3.55. The lowest BCUT2D eigenvalue weighted by Gasteiger charge is -2.39. The van der Waals surface area contributed by atoms with Crippen molar-refractivity contribution in [1.29, 1.82) is 0 Å². The van der Waals surface area contributed by atoms with Crippen molar-refractivity contribution in [2.75, 3.05) is 13.1 Å². The smallest absolute Gasteiger partial charge is 0.227 e. The average Bonchev–Trinajstić information content (AvgIpc) is 2.81. The van der Waals surface area contributed by atoms with Gasteiger partial charge in [-0.15, -0.1) is 0 Å². The fraction of sp³-hybridized carbons (Fsp3) is 0.333. The second-order valence-corrected chi connectivity index (χ2v) is 7.08. The molecular formula is C15H15Br2N3O. The zero-order chi connectivity index (χ0) is 14.8. The summed E-state index contributed by atoms with van der Waals surface area (Å²) in [5.41, 5.74) is 1.04. The summed E-state index contributed by atoms with van der Waals surface area (Å²) < 4.78 is 3.91. The first-order chi connectivity index (χ1) is 10.1. The van der Waals surface area contributed by atoms with E-state index in [1.807, 2.05) is 40.0 Å². The molecule has 1 amide bonds. The Kier molecular flexibility index (Phi) is 4.45. The second kappa shape index (κ2) is 6.32. The summed E-state index contributed by atoms with van der Waals surface area (Å²) in [6.07, 6.45) is 4.21. The number of hydrogen-bond donors (Lipinski definition) is 0. The van der Waals surface area contributed by atoms with Crippen LogP contribution in [0.2, 0.25) is 0 Å². The minimum Gasteiger partial charge on any atom is -0.342 e. The van der Waals surface area contributed by atoms with Crippen molar-refractivity contribution in [2.24, 2.45) is 5.92 Å².